The summed E-state index contributed by atoms with van der Waals surface area (Å²) in [6.45, 7) is 2.51. The van der Waals surface area contributed by atoms with E-state index in [0.717, 1.165) is 53.5 Å². The van der Waals surface area contributed by atoms with Gasteiger partial charge in [0.25, 0.3) is 0 Å². The number of ether oxygens (including phenoxy) is 2. The summed E-state index contributed by atoms with van der Waals surface area (Å²) in [4.78, 5) is 13.2. The lowest BCUT2D eigenvalue weighted by atomic mass is 9.94. The highest BCUT2D eigenvalue weighted by Gasteiger charge is 2.31. The van der Waals surface area contributed by atoms with Gasteiger partial charge >= 0.3 is 0 Å². The lowest BCUT2D eigenvalue weighted by molar-refractivity contribution is 0.415. The molecular formula is C27H24N4O2. The van der Waals surface area contributed by atoms with Gasteiger partial charge in [0, 0.05) is 72.5 Å². The van der Waals surface area contributed by atoms with E-state index in [4.69, 9.17) is 9.47 Å². The number of methoxy groups -OCH3 is 2. The molecule has 0 aliphatic carbocycles. The molecule has 0 saturated carbocycles. The van der Waals surface area contributed by atoms with E-state index in [1.165, 1.54) is 22.5 Å². The Bertz CT molecular complexity index is 1220. The molecule has 0 fully saturated rings. The molecule has 2 aromatic carbocycles. The minimum atomic E-state index is 0.832. The van der Waals surface area contributed by atoms with Gasteiger partial charge in [-0.25, -0.2) is 0 Å². The molecule has 2 aliphatic heterocycles. The number of benzene rings is 2. The van der Waals surface area contributed by atoms with Crippen LogP contribution in [0.5, 0.6) is 11.5 Å². The molecule has 0 radical (unpaired) electrons. The van der Waals surface area contributed by atoms with Gasteiger partial charge in [0.05, 0.1) is 20.9 Å². The van der Waals surface area contributed by atoms with Crippen LogP contribution in [-0.2, 0) is 13.1 Å². The summed E-state index contributed by atoms with van der Waals surface area (Å²) >= 11 is 0. The summed E-state index contributed by atoms with van der Waals surface area (Å²) in [7, 11) is 3.47. The van der Waals surface area contributed by atoms with Crippen molar-refractivity contribution in [2.75, 3.05) is 30.7 Å². The zero-order chi connectivity index (χ0) is 22.4. The number of hydrogen-bond donors (Lipinski definition) is 0. The maximum atomic E-state index is 5.80. The van der Waals surface area contributed by atoms with E-state index in [2.05, 4.69) is 44.0 Å². The first-order valence-electron chi connectivity index (χ1n) is 11.0. The van der Waals surface area contributed by atoms with Crippen LogP contribution in [0.1, 0.15) is 11.1 Å². The average Bonchev–Trinajstić information content (AvgIpc) is 2.88. The van der Waals surface area contributed by atoms with E-state index in [1.54, 1.807) is 14.2 Å². The molecule has 0 unspecified atom stereocenters. The second-order valence-electron chi connectivity index (χ2n) is 8.37. The number of anilines is 2. The average molecular weight is 437 g/mol. The quantitative estimate of drug-likeness (QED) is 0.442. The maximum absolute atomic E-state index is 5.80. The van der Waals surface area contributed by atoms with E-state index in [0.29, 0.717) is 0 Å². The molecular weight excluding hydrogens is 412 g/mol. The van der Waals surface area contributed by atoms with Gasteiger partial charge in [-0.15, -0.1) is 0 Å². The molecule has 33 heavy (non-hydrogen) atoms. The maximum Gasteiger partial charge on any atom is 0.128 e. The molecule has 0 atom stereocenters. The monoisotopic (exact) mass is 436 g/mol. The zero-order valence-corrected chi connectivity index (χ0v) is 18.7. The van der Waals surface area contributed by atoms with Gasteiger partial charge < -0.3 is 19.3 Å². The molecule has 0 spiro atoms. The summed E-state index contributed by atoms with van der Waals surface area (Å²) in [6.07, 6.45) is 7.27. The first-order valence-corrected chi connectivity index (χ1v) is 11.0. The van der Waals surface area contributed by atoms with Crippen molar-refractivity contribution < 1.29 is 9.47 Å². The fourth-order valence-corrected chi connectivity index (χ4v) is 4.96. The Balaban J connectivity index is 1.44. The Labute approximate surface area is 193 Å². The highest BCUT2D eigenvalue weighted by molar-refractivity contribution is 5.81. The van der Waals surface area contributed by atoms with Gasteiger partial charge in [0.1, 0.15) is 11.5 Å². The molecule has 0 N–H and O–H groups in total. The Morgan fingerprint density at radius 3 is 1.45 bits per heavy atom. The topological polar surface area (TPSA) is 50.7 Å². The summed E-state index contributed by atoms with van der Waals surface area (Å²) in [5, 5.41) is 0. The van der Waals surface area contributed by atoms with Crippen molar-refractivity contribution in [2.45, 2.75) is 13.1 Å². The van der Waals surface area contributed by atoms with Crippen LogP contribution in [-0.4, -0.2) is 30.9 Å². The summed E-state index contributed by atoms with van der Waals surface area (Å²) in [5.41, 5.74) is 9.43. The van der Waals surface area contributed by atoms with Crippen LogP contribution in [0.3, 0.4) is 0 Å². The van der Waals surface area contributed by atoms with Crippen molar-refractivity contribution in [3.8, 4) is 33.8 Å². The normalized spacial score (nSPS) is 13.9. The van der Waals surface area contributed by atoms with Crippen molar-refractivity contribution in [1.29, 1.82) is 0 Å². The fraction of sp³-hybridized carbons (Fsp3) is 0.185. The molecule has 0 amide bonds. The molecule has 164 valence electrons. The van der Waals surface area contributed by atoms with Crippen LogP contribution in [0.15, 0.2) is 73.3 Å². The number of nitrogens with zero attached hydrogens (tertiary/aromatic N) is 4. The molecule has 0 saturated heterocycles. The van der Waals surface area contributed by atoms with Gasteiger partial charge in [-0.05, 0) is 58.7 Å². The Kier molecular flexibility index (Phi) is 4.64. The minimum absolute atomic E-state index is 0.832. The van der Waals surface area contributed by atoms with Crippen LogP contribution in [0, 0.1) is 0 Å². The van der Waals surface area contributed by atoms with E-state index in [-0.39, 0.29) is 0 Å². The Morgan fingerprint density at radius 2 is 1.06 bits per heavy atom. The highest BCUT2D eigenvalue weighted by Crippen LogP contribution is 2.45. The van der Waals surface area contributed by atoms with Gasteiger partial charge in [0.15, 0.2) is 0 Å². The van der Waals surface area contributed by atoms with Crippen molar-refractivity contribution >= 4 is 11.4 Å². The molecule has 6 heteroatoms. The smallest absolute Gasteiger partial charge is 0.128 e. The van der Waals surface area contributed by atoms with Gasteiger partial charge in [-0.3, -0.25) is 9.97 Å². The summed E-state index contributed by atoms with van der Waals surface area (Å²) in [6, 6.07) is 17.0. The molecule has 6 nitrogen and oxygen atoms in total. The zero-order valence-electron chi connectivity index (χ0n) is 18.7. The summed E-state index contributed by atoms with van der Waals surface area (Å²) in [5.74, 6) is 1.76. The lowest BCUT2D eigenvalue weighted by Crippen LogP contribution is -2.46. The SMILES string of the molecule is COc1cc2c(cc1-c1ccncc1)CN1CN2Cc2cc(-c3ccncc3)c(OC)cc21. The Hall–Kier alpha value is -4.06. The predicted molar refractivity (Wildman–Crippen MR) is 130 cm³/mol. The third-order valence-electron chi connectivity index (χ3n) is 6.53. The standard InChI is InChI=1S/C27H24N4O2/c1-32-26-13-24-20(11-22(26)18-3-7-28-8-4-18)15-31-17-30(24)16-21-12-23(19-5-9-29-10-6-19)27(33-2)14-25(21)31/h3-14H,15-17H2,1-2H3. The van der Waals surface area contributed by atoms with E-state index >= 15 is 0 Å². The van der Waals surface area contributed by atoms with Gasteiger partial charge in [0.2, 0.25) is 0 Å². The van der Waals surface area contributed by atoms with Gasteiger partial charge in [-0.2, -0.15) is 0 Å². The Morgan fingerprint density at radius 1 is 0.636 bits per heavy atom. The minimum Gasteiger partial charge on any atom is -0.496 e. The number of rotatable bonds is 4. The second-order valence-corrected chi connectivity index (χ2v) is 8.37. The van der Waals surface area contributed by atoms with Crippen molar-refractivity contribution in [3.05, 3.63) is 84.4 Å². The molecule has 2 aliphatic rings. The first-order chi connectivity index (χ1) is 16.2. The fourth-order valence-electron chi connectivity index (χ4n) is 4.96. The molecule has 4 heterocycles. The largest absolute Gasteiger partial charge is 0.496 e. The van der Waals surface area contributed by atoms with E-state index in [1.807, 2.05) is 49.1 Å². The number of fused-ring (bicyclic) bond motifs is 6. The van der Waals surface area contributed by atoms with E-state index < -0.39 is 0 Å². The second kappa shape index (κ2) is 7.81. The number of hydrogen-bond acceptors (Lipinski definition) is 6. The number of pyridine rings is 2. The summed E-state index contributed by atoms with van der Waals surface area (Å²) < 4.78 is 11.6. The highest BCUT2D eigenvalue weighted by atomic mass is 16.5. The van der Waals surface area contributed by atoms with Crippen molar-refractivity contribution in [2.24, 2.45) is 0 Å². The van der Waals surface area contributed by atoms with Crippen molar-refractivity contribution in [3.63, 3.8) is 0 Å². The molecule has 6 rings (SSSR count). The molecule has 2 bridgehead atoms. The first kappa shape index (κ1) is 19.6. The van der Waals surface area contributed by atoms with Crippen LogP contribution in [0.25, 0.3) is 22.3 Å². The van der Waals surface area contributed by atoms with Crippen LogP contribution < -0.4 is 19.3 Å². The molecule has 4 aromatic rings. The van der Waals surface area contributed by atoms with E-state index in [9.17, 15) is 0 Å². The van der Waals surface area contributed by atoms with Crippen LogP contribution in [0.2, 0.25) is 0 Å². The molecule has 2 aromatic heterocycles. The van der Waals surface area contributed by atoms with Crippen LogP contribution >= 0.6 is 0 Å². The van der Waals surface area contributed by atoms with Crippen molar-refractivity contribution in [1.82, 2.24) is 9.97 Å². The van der Waals surface area contributed by atoms with Gasteiger partial charge in [-0.1, -0.05) is 0 Å². The predicted octanol–water partition coefficient (Wildman–Crippen LogP) is 5.13. The third kappa shape index (κ3) is 3.26. The number of aromatic nitrogens is 2. The van der Waals surface area contributed by atoms with Crippen LogP contribution in [0.4, 0.5) is 11.4 Å². The third-order valence-corrected chi connectivity index (χ3v) is 6.53. The lowest BCUT2D eigenvalue weighted by Gasteiger charge is -2.45.